The highest BCUT2D eigenvalue weighted by molar-refractivity contribution is 9.11. The molecular weight excluding hydrogens is 534 g/mol. The molecular formula is C23H14Br2F2N2O2. The molecule has 0 heterocycles. The molecule has 0 saturated carbocycles. The van der Waals surface area contributed by atoms with E-state index in [1.54, 1.807) is 30.3 Å². The van der Waals surface area contributed by atoms with E-state index in [0.717, 1.165) is 0 Å². The fourth-order valence-electron chi connectivity index (χ4n) is 2.61. The molecule has 1 N–H and O–H groups in total. The second kappa shape index (κ2) is 10.3. The van der Waals surface area contributed by atoms with Crippen molar-refractivity contribution >= 4 is 49.5 Å². The van der Waals surface area contributed by atoms with Gasteiger partial charge in [-0.1, -0.05) is 18.2 Å². The molecule has 0 radical (unpaired) electrons. The Bertz CT molecular complexity index is 1170. The molecule has 0 atom stereocenters. The topological polar surface area (TPSA) is 62.1 Å². The van der Waals surface area contributed by atoms with E-state index in [-0.39, 0.29) is 18.0 Å². The van der Waals surface area contributed by atoms with Crippen molar-refractivity contribution in [3.05, 3.63) is 97.9 Å². The summed E-state index contributed by atoms with van der Waals surface area (Å²) in [6, 6.07) is 16.7. The zero-order valence-corrected chi connectivity index (χ0v) is 19.0. The normalized spacial score (nSPS) is 11.0. The third kappa shape index (κ3) is 6.00. The van der Waals surface area contributed by atoms with Gasteiger partial charge in [0.15, 0.2) is 0 Å². The second-order valence-electron chi connectivity index (χ2n) is 6.32. The molecule has 3 aromatic rings. The first-order valence-corrected chi connectivity index (χ1v) is 10.5. The Morgan fingerprint density at radius 3 is 2.32 bits per heavy atom. The first kappa shape index (κ1) is 22.7. The van der Waals surface area contributed by atoms with Crippen LogP contribution in [0.5, 0.6) is 5.75 Å². The quantitative estimate of drug-likeness (QED) is 0.279. The Hall–Kier alpha value is -3.02. The highest BCUT2D eigenvalue weighted by Gasteiger charge is 2.13. The number of amides is 1. The van der Waals surface area contributed by atoms with Gasteiger partial charge < -0.3 is 10.1 Å². The van der Waals surface area contributed by atoms with Gasteiger partial charge in [-0.2, -0.15) is 5.26 Å². The number of ether oxygens (including phenoxy) is 1. The summed E-state index contributed by atoms with van der Waals surface area (Å²) in [6.45, 7) is 0.0303. The van der Waals surface area contributed by atoms with Crippen molar-refractivity contribution in [2.45, 2.75) is 6.61 Å². The van der Waals surface area contributed by atoms with Crippen molar-refractivity contribution in [1.29, 1.82) is 5.26 Å². The summed E-state index contributed by atoms with van der Waals surface area (Å²) in [7, 11) is 0. The van der Waals surface area contributed by atoms with Crippen LogP contribution in [0.1, 0.15) is 11.1 Å². The average molecular weight is 548 g/mol. The zero-order chi connectivity index (χ0) is 22.4. The molecule has 0 saturated heterocycles. The van der Waals surface area contributed by atoms with Crippen LogP contribution in [0.4, 0.5) is 14.5 Å². The molecule has 31 heavy (non-hydrogen) atoms. The Labute approximate surface area is 194 Å². The van der Waals surface area contributed by atoms with E-state index in [2.05, 4.69) is 37.2 Å². The van der Waals surface area contributed by atoms with Crippen molar-refractivity contribution in [2.24, 2.45) is 0 Å². The summed E-state index contributed by atoms with van der Waals surface area (Å²) in [6.07, 6.45) is 1.41. The molecule has 3 aromatic carbocycles. The minimum Gasteiger partial charge on any atom is -0.486 e. The molecule has 0 spiro atoms. The van der Waals surface area contributed by atoms with Crippen LogP contribution in [0.15, 0.2) is 75.2 Å². The Kier molecular flexibility index (Phi) is 7.55. The van der Waals surface area contributed by atoms with Crippen molar-refractivity contribution < 1.29 is 18.3 Å². The first-order valence-electron chi connectivity index (χ1n) is 8.91. The van der Waals surface area contributed by atoms with Gasteiger partial charge in [-0.3, -0.25) is 4.79 Å². The van der Waals surface area contributed by atoms with Crippen molar-refractivity contribution in [3.63, 3.8) is 0 Å². The number of halogens is 4. The molecule has 156 valence electrons. The van der Waals surface area contributed by atoms with E-state index >= 15 is 0 Å². The Balaban J connectivity index is 1.77. The number of carbonyl (C=O) groups excluding carboxylic acids is 1. The molecule has 1 amide bonds. The number of hydrogen-bond donors (Lipinski definition) is 1. The van der Waals surface area contributed by atoms with E-state index in [1.165, 1.54) is 36.4 Å². The third-order valence-corrected chi connectivity index (χ3v) is 5.31. The van der Waals surface area contributed by atoms with E-state index in [1.807, 2.05) is 6.07 Å². The highest BCUT2D eigenvalue weighted by atomic mass is 79.9. The summed E-state index contributed by atoms with van der Waals surface area (Å²) in [5.41, 5.74) is 1.20. The lowest BCUT2D eigenvalue weighted by atomic mass is 10.1. The highest BCUT2D eigenvalue weighted by Crippen LogP contribution is 2.36. The van der Waals surface area contributed by atoms with Crippen molar-refractivity contribution in [2.75, 3.05) is 5.32 Å². The maximum Gasteiger partial charge on any atom is 0.266 e. The predicted molar refractivity (Wildman–Crippen MR) is 121 cm³/mol. The fourth-order valence-corrected chi connectivity index (χ4v) is 4.06. The molecule has 0 aliphatic heterocycles. The summed E-state index contributed by atoms with van der Waals surface area (Å²) in [5, 5.41) is 11.9. The van der Waals surface area contributed by atoms with Crippen LogP contribution in [0.3, 0.4) is 0 Å². The molecule has 8 heteroatoms. The average Bonchev–Trinajstić information content (AvgIpc) is 2.74. The SMILES string of the molecule is N#C/C(=C\c1cc(Br)c(OCc2ccccc2F)c(Br)c1)C(=O)Nc1ccc(F)cc1. The van der Waals surface area contributed by atoms with Gasteiger partial charge in [-0.15, -0.1) is 0 Å². The third-order valence-electron chi connectivity index (χ3n) is 4.13. The number of carbonyl (C=O) groups is 1. The van der Waals surface area contributed by atoms with Crippen molar-refractivity contribution in [1.82, 2.24) is 0 Å². The number of hydrogen-bond acceptors (Lipinski definition) is 3. The van der Waals surface area contributed by atoms with Crippen LogP contribution in [0.25, 0.3) is 6.08 Å². The van der Waals surface area contributed by atoms with Gasteiger partial charge in [-0.25, -0.2) is 8.78 Å². The van der Waals surface area contributed by atoms with Gasteiger partial charge in [0.2, 0.25) is 0 Å². The molecule has 0 fully saturated rings. The molecule has 4 nitrogen and oxygen atoms in total. The summed E-state index contributed by atoms with van der Waals surface area (Å²) in [5.74, 6) is -0.961. The van der Waals surface area contributed by atoms with Crippen LogP contribution in [0, 0.1) is 23.0 Å². The van der Waals surface area contributed by atoms with E-state index in [9.17, 15) is 18.8 Å². The number of nitrogens with one attached hydrogen (secondary N) is 1. The lowest BCUT2D eigenvalue weighted by Gasteiger charge is -2.12. The smallest absolute Gasteiger partial charge is 0.266 e. The van der Waals surface area contributed by atoms with Crippen LogP contribution < -0.4 is 10.1 Å². The van der Waals surface area contributed by atoms with Crippen LogP contribution in [-0.2, 0) is 11.4 Å². The fraction of sp³-hybridized carbons (Fsp3) is 0.0435. The van der Waals surface area contributed by atoms with Crippen LogP contribution in [-0.4, -0.2) is 5.91 Å². The molecule has 0 bridgehead atoms. The lowest BCUT2D eigenvalue weighted by Crippen LogP contribution is -2.13. The standard InChI is InChI=1S/C23H14Br2F2N2O2/c24-19-10-14(9-16(12-28)23(30)29-18-7-5-17(26)6-8-18)11-20(25)22(19)31-13-15-3-1-2-4-21(15)27/h1-11H,13H2,(H,29,30)/b16-9+. The number of rotatable bonds is 6. The van der Waals surface area contributed by atoms with Gasteiger partial charge in [0, 0.05) is 11.3 Å². The van der Waals surface area contributed by atoms with Gasteiger partial charge in [0.25, 0.3) is 5.91 Å². The second-order valence-corrected chi connectivity index (χ2v) is 8.03. The summed E-state index contributed by atoms with van der Waals surface area (Å²) >= 11 is 6.81. The monoisotopic (exact) mass is 546 g/mol. The Morgan fingerprint density at radius 1 is 1.06 bits per heavy atom. The minimum atomic E-state index is -0.624. The number of anilines is 1. The van der Waals surface area contributed by atoms with E-state index in [0.29, 0.717) is 31.5 Å². The Morgan fingerprint density at radius 2 is 1.71 bits per heavy atom. The predicted octanol–water partition coefficient (Wildman–Crippen LogP) is 6.61. The van der Waals surface area contributed by atoms with Gasteiger partial charge in [0.05, 0.1) is 8.95 Å². The van der Waals surface area contributed by atoms with Gasteiger partial charge in [-0.05, 0) is 86.0 Å². The molecule has 0 aromatic heterocycles. The minimum absolute atomic E-state index is 0.0303. The number of nitrogens with zero attached hydrogens (tertiary/aromatic N) is 1. The molecule has 0 unspecified atom stereocenters. The summed E-state index contributed by atoms with van der Waals surface area (Å²) < 4.78 is 33.6. The van der Waals surface area contributed by atoms with E-state index in [4.69, 9.17) is 4.74 Å². The largest absolute Gasteiger partial charge is 0.486 e. The maximum atomic E-state index is 13.8. The van der Waals surface area contributed by atoms with Gasteiger partial charge >= 0.3 is 0 Å². The van der Waals surface area contributed by atoms with Crippen molar-refractivity contribution in [3.8, 4) is 11.8 Å². The number of benzene rings is 3. The lowest BCUT2D eigenvalue weighted by molar-refractivity contribution is -0.112. The molecule has 0 aliphatic rings. The molecule has 0 aliphatic carbocycles. The molecule has 3 rings (SSSR count). The first-order chi connectivity index (χ1) is 14.9. The van der Waals surface area contributed by atoms with Crippen LogP contribution >= 0.6 is 31.9 Å². The van der Waals surface area contributed by atoms with Gasteiger partial charge in [0.1, 0.15) is 35.6 Å². The maximum absolute atomic E-state index is 13.8. The number of nitriles is 1. The van der Waals surface area contributed by atoms with E-state index < -0.39 is 11.7 Å². The van der Waals surface area contributed by atoms with Crippen LogP contribution in [0.2, 0.25) is 0 Å². The summed E-state index contributed by atoms with van der Waals surface area (Å²) in [4.78, 5) is 12.4. The zero-order valence-electron chi connectivity index (χ0n) is 15.8.